The van der Waals surface area contributed by atoms with Crippen LogP contribution >= 0.6 is 22.7 Å². The largest absolute Gasteiger partial charge is 0.480 e. The molecule has 0 saturated heterocycles. The van der Waals surface area contributed by atoms with E-state index in [0.717, 1.165) is 10.6 Å². The van der Waals surface area contributed by atoms with E-state index in [1.807, 2.05) is 6.92 Å². The highest BCUT2D eigenvalue weighted by molar-refractivity contribution is 7.13. The second-order valence-corrected chi connectivity index (χ2v) is 5.41. The third kappa shape index (κ3) is 2.84. The summed E-state index contributed by atoms with van der Waals surface area (Å²) in [6.45, 7) is 2.58. The molecule has 0 aliphatic rings. The Balaban J connectivity index is 1.99. The van der Waals surface area contributed by atoms with Gasteiger partial charge < -0.3 is 16.2 Å². The molecule has 96 valence electrons. The molecule has 4 N–H and O–H groups in total. The van der Waals surface area contributed by atoms with Crippen molar-refractivity contribution in [1.29, 1.82) is 0 Å². The van der Waals surface area contributed by atoms with Crippen molar-refractivity contribution in [3.63, 3.8) is 0 Å². The van der Waals surface area contributed by atoms with E-state index in [-0.39, 0.29) is 0 Å². The number of anilines is 1. The lowest BCUT2D eigenvalue weighted by Gasteiger charge is -2.02. The normalized spacial score (nSPS) is 12.3. The molecular formula is C10H12N4O2S2. The highest BCUT2D eigenvalue weighted by Crippen LogP contribution is 2.21. The number of carboxylic acid groups (broad SMARTS) is 1. The lowest BCUT2D eigenvalue weighted by atomic mass is 10.2. The summed E-state index contributed by atoms with van der Waals surface area (Å²) in [5.74, 6) is -1.08. The maximum absolute atomic E-state index is 10.7. The number of carbonyl (C=O) groups is 1. The fourth-order valence-corrected chi connectivity index (χ4v) is 2.75. The van der Waals surface area contributed by atoms with Gasteiger partial charge in [0.1, 0.15) is 6.04 Å². The summed E-state index contributed by atoms with van der Waals surface area (Å²) in [6.07, 6.45) is 0. The molecule has 0 bridgehead atoms. The fraction of sp³-hybridized carbons (Fsp3) is 0.300. The molecule has 18 heavy (non-hydrogen) atoms. The zero-order valence-electron chi connectivity index (χ0n) is 9.58. The fourth-order valence-electron chi connectivity index (χ4n) is 1.29. The Morgan fingerprint density at radius 2 is 2.39 bits per heavy atom. The van der Waals surface area contributed by atoms with Crippen molar-refractivity contribution >= 4 is 33.8 Å². The number of hydrogen-bond donors (Lipinski definition) is 3. The van der Waals surface area contributed by atoms with Crippen LogP contribution in [0, 0.1) is 6.92 Å². The average molecular weight is 284 g/mol. The van der Waals surface area contributed by atoms with Crippen LogP contribution in [0.15, 0.2) is 10.9 Å². The van der Waals surface area contributed by atoms with Gasteiger partial charge >= 0.3 is 5.97 Å². The Bertz CT molecular complexity index is 552. The van der Waals surface area contributed by atoms with E-state index in [4.69, 9.17) is 10.8 Å². The molecule has 0 aliphatic heterocycles. The van der Waals surface area contributed by atoms with Crippen molar-refractivity contribution in [3.05, 3.63) is 27.2 Å². The number of thiazole rings is 2. The molecule has 2 aromatic heterocycles. The molecular weight excluding hydrogens is 272 g/mol. The van der Waals surface area contributed by atoms with Gasteiger partial charge in [-0.3, -0.25) is 4.79 Å². The van der Waals surface area contributed by atoms with Crippen molar-refractivity contribution in [1.82, 2.24) is 9.97 Å². The molecule has 2 aromatic rings. The third-order valence-electron chi connectivity index (χ3n) is 2.35. The number of carboxylic acids is 1. The Morgan fingerprint density at radius 3 is 3.00 bits per heavy atom. The van der Waals surface area contributed by atoms with Gasteiger partial charge in [0.05, 0.1) is 23.4 Å². The first-order chi connectivity index (χ1) is 8.58. The van der Waals surface area contributed by atoms with Gasteiger partial charge in [0.2, 0.25) is 0 Å². The maximum atomic E-state index is 10.7. The van der Waals surface area contributed by atoms with Crippen LogP contribution in [0.25, 0.3) is 0 Å². The van der Waals surface area contributed by atoms with Gasteiger partial charge in [0, 0.05) is 10.3 Å². The monoisotopic (exact) mass is 284 g/mol. The number of nitrogens with two attached hydrogens (primary N) is 1. The molecule has 0 spiro atoms. The molecule has 0 radical (unpaired) electrons. The molecule has 1 atom stereocenters. The number of aromatic nitrogens is 2. The van der Waals surface area contributed by atoms with E-state index in [2.05, 4.69) is 15.3 Å². The molecule has 0 saturated carbocycles. The lowest BCUT2D eigenvalue weighted by molar-refractivity contribution is -0.138. The Hall–Kier alpha value is -1.51. The van der Waals surface area contributed by atoms with Gasteiger partial charge in [-0.05, 0) is 6.92 Å². The average Bonchev–Trinajstić information content (AvgIpc) is 2.94. The smallest absolute Gasteiger partial charge is 0.326 e. The Morgan fingerprint density at radius 1 is 1.61 bits per heavy atom. The van der Waals surface area contributed by atoms with Crippen molar-refractivity contribution < 1.29 is 9.90 Å². The lowest BCUT2D eigenvalue weighted by Crippen LogP contribution is -2.20. The Kier molecular flexibility index (Phi) is 3.90. The minimum Gasteiger partial charge on any atom is -0.480 e. The van der Waals surface area contributed by atoms with E-state index in [1.54, 1.807) is 22.2 Å². The van der Waals surface area contributed by atoms with Gasteiger partial charge in [0.25, 0.3) is 0 Å². The second-order valence-electron chi connectivity index (χ2n) is 3.61. The standard InChI is InChI=1S/C10H12N4O2S2/c1-5-7(18-4-13-5)2-12-10-14-6(3-17-10)8(11)9(15)16/h3-4,8H,2,11H2,1H3,(H,12,14)(H,15,16). The number of aliphatic carboxylic acids is 1. The van der Waals surface area contributed by atoms with Gasteiger partial charge in [-0.1, -0.05) is 0 Å². The van der Waals surface area contributed by atoms with E-state index in [9.17, 15) is 4.79 Å². The number of aryl methyl sites for hydroxylation is 1. The molecule has 1 unspecified atom stereocenters. The first-order valence-corrected chi connectivity index (χ1v) is 6.90. The van der Waals surface area contributed by atoms with Crippen LogP contribution in [0.1, 0.15) is 22.3 Å². The first-order valence-electron chi connectivity index (χ1n) is 5.14. The summed E-state index contributed by atoms with van der Waals surface area (Å²) in [6, 6.07) is -1.07. The van der Waals surface area contributed by atoms with Crippen LogP contribution in [0.2, 0.25) is 0 Å². The highest BCUT2D eigenvalue weighted by Gasteiger charge is 2.17. The quantitative estimate of drug-likeness (QED) is 0.771. The molecule has 2 rings (SSSR count). The second kappa shape index (κ2) is 5.42. The van der Waals surface area contributed by atoms with Gasteiger partial charge in [-0.25, -0.2) is 9.97 Å². The molecule has 0 aromatic carbocycles. The topological polar surface area (TPSA) is 101 Å². The minimum atomic E-state index is -1.08. The number of nitrogens with zero attached hydrogens (tertiary/aromatic N) is 2. The van der Waals surface area contributed by atoms with Crippen molar-refractivity contribution in [2.75, 3.05) is 5.32 Å². The minimum absolute atomic E-state index is 0.371. The van der Waals surface area contributed by atoms with Crippen LogP contribution in [0.4, 0.5) is 5.13 Å². The molecule has 0 amide bonds. The first kappa shape index (κ1) is 12.9. The summed E-state index contributed by atoms with van der Waals surface area (Å²) < 4.78 is 0. The summed E-state index contributed by atoms with van der Waals surface area (Å²) in [4.78, 5) is 20.1. The summed E-state index contributed by atoms with van der Waals surface area (Å²) in [5.41, 5.74) is 8.63. The number of rotatable bonds is 5. The molecule has 0 fully saturated rings. The summed E-state index contributed by atoms with van der Waals surface area (Å²) >= 11 is 2.91. The van der Waals surface area contributed by atoms with Gasteiger partial charge in [-0.2, -0.15) is 0 Å². The molecule has 6 nitrogen and oxygen atoms in total. The van der Waals surface area contributed by atoms with Gasteiger partial charge in [0.15, 0.2) is 5.13 Å². The van der Waals surface area contributed by atoms with Crippen molar-refractivity contribution in [2.45, 2.75) is 19.5 Å². The van der Waals surface area contributed by atoms with Crippen molar-refractivity contribution in [2.24, 2.45) is 5.73 Å². The highest BCUT2D eigenvalue weighted by atomic mass is 32.1. The van der Waals surface area contributed by atoms with Crippen LogP contribution < -0.4 is 11.1 Å². The Labute approximate surface area is 112 Å². The van der Waals surface area contributed by atoms with E-state index >= 15 is 0 Å². The third-order valence-corrected chi connectivity index (χ3v) is 4.10. The van der Waals surface area contributed by atoms with E-state index in [0.29, 0.717) is 17.4 Å². The van der Waals surface area contributed by atoms with Crippen LogP contribution in [-0.2, 0) is 11.3 Å². The summed E-state index contributed by atoms with van der Waals surface area (Å²) in [5, 5.41) is 14.2. The SMILES string of the molecule is Cc1ncsc1CNc1nc(C(N)C(=O)O)cs1. The van der Waals surface area contributed by atoms with E-state index in [1.165, 1.54) is 11.3 Å². The predicted octanol–water partition coefficient (Wildman–Crippen LogP) is 1.60. The van der Waals surface area contributed by atoms with Crippen LogP contribution in [0.3, 0.4) is 0 Å². The predicted molar refractivity (Wildman–Crippen MR) is 70.9 cm³/mol. The zero-order chi connectivity index (χ0) is 13.1. The van der Waals surface area contributed by atoms with E-state index < -0.39 is 12.0 Å². The van der Waals surface area contributed by atoms with Gasteiger partial charge in [-0.15, -0.1) is 22.7 Å². The maximum Gasteiger partial charge on any atom is 0.326 e. The molecule has 0 aliphatic carbocycles. The molecule has 8 heteroatoms. The number of hydrogen-bond acceptors (Lipinski definition) is 7. The van der Waals surface area contributed by atoms with Crippen LogP contribution in [0.5, 0.6) is 0 Å². The summed E-state index contributed by atoms with van der Waals surface area (Å²) in [7, 11) is 0. The van der Waals surface area contributed by atoms with Crippen molar-refractivity contribution in [3.8, 4) is 0 Å². The zero-order valence-corrected chi connectivity index (χ0v) is 11.2. The van der Waals surface area contributed by atoms with Crippen LogP contribution in [-0.4, -0.2) is 21.0 Å². The molecule has 2 heterocycles. The number of nitrogens with one attached hydrogen (secondary N) is 1.